The number of aromatic carboxylic acids is 1. The molecule has 0 radical (unpaired) electrons. The molecule has 0 spiro atoms. The van der Waals surface area contributed by atoms with Crippen molar-refractivity contribution >= 4 is 21.7 Å². The van der Waals surface area contributed by atoms with Gasteiger partial charge in [0.15, 0.2) is 0 Å². The number of carbonyl (C=O) groups is 1. The van der Waals surface area contributed by atoms with Crippen LogP contribution < -0.4 is 14.8 Å². The van der Waals surface area contributed by atoms with Crippen molar-refractivity contribution in [2.45, 2.75) is 20.0 Å². The second kappa shape index (κ2) is 11.4. The number of benzene rings is 3. The number of phenols is 1. The van der Waals surface area contributed by atoms with Gasteiger partial charge in [-0.3, -0.25) is 4.72 Å². The molecule has 0 saturated heterocycles. The van der Waals surface area contributed by atoms with Gasteiger partial charge in [0, 0.05) is 13.1 Å². The molecule has 0 unspecified atom stereocenters. The van der Waals surface area contributed by atoms with E-state index in [4.69, 9.17) is 4.74 Å². The third-order valence-electron chi connectivity index (χ3n) is 5.52. The zero-order chi connectivity index (χ0) is 26.5. The minimum Gasteiger partial charge on any atom is -0.506 e. The van der Waals surface area contributed by atoms with Crippen LogP contribution in [0.25, 0.3) is 11.1 Å². The lowest BCUT2D eigenvalue weighted by atomic mass is 9.95. The Hall–Kier alpha value is -3.60. The fraction of sp³-hybridized carbons (Fsp3) is 0.269. The van der Waals surface area contributed by atoms with Gasteiger partial charge in [0.05, 0.1) is 23.6 Å². The number of ether oxygens (including phenoxy) is 1. The number of hydrogen-bond donors (Lipinski definition) is 5. The highest BCUT2D eigenvalue weighted by Gasteiger charge is 2.14. The number of rotatable bonds is 11. The van der Waals surface area contributed by atoms with Gasteiger partial charge < -0.3 is 25.4 Å². The summed E-state index contributed by atoms with van der Waals surface area (Å²) in [7, 11) is -3.57. The van der Waals surface area contributed by atoms with Crippen molar-refractivity contribution in [1.82, 2.24) is 5.32 Å². The summed E-state index contributed by atoms with van der Waals surface area (Å²) in [5.41, 5.74) is 4.08. The fourth-order valence-electron chi connectivity index (χ4n) is 3.85. The zero-order valence-electron chi connectivity index (χ0n) is 20.3. The Balaban J connectivity index is 1.50. The summed E-state index contributed by atoms with van der Waals surface area (Å²) in [6.07, 6.45) is 0.0646. The van der Waals surface area contributed by atoms with Crippen LogP contribution in [-0.2, 0) is 10.0 Å². The molecule has 192 valence electrons. The van der Waals surface area contributed by atoms with Crippen LogP contribution in [0.2, 0.25) is 0 Å². The summed E-state index contributed by atoms with van der Waals surface area (Å²) in [4.78, 5) is 11.4. The van der Waals surface area contributed by atoms with Gasteiger partial charge in [0.25, 0.3) is 0 Å². The standard InChI is InChI=1S/C26H30N2O7S/c1-16-12-20(13-17(2)25(16)26(31)32)18-4-7-21(8-5-18)35-11-10-27-15-24(30)19-6-9-23(29)22(14-19)28-36(3,33)34/h4-9,12-14,24,27-30H,10-11,15H2,1-3H3,(H,31,32)/t24-/m1/s1. The summed E-state index contributed by atoms with van der Waals surface area (Å²) in [5, 5.41) is 32.6. The smallest absolute Gasteiger partial charge is 0.336 e. The third kappa shape index (κ3) is 7.20. The molecule has 0 saturated carbocycles. The predicted octanol–water partition coefficient (Wildman–Crippen LogP) is 3.45. The predicted molar refractivity (Wildman–Crippen MR) is 138 cm³/mol. The summed E-state index contributed by atoms with van der Waals surface area (Å²) in [6.45, 7) is 4.59. The first-order valence-corrected chi connectivity index (χ1v) is 13.1. The molecule has 0 fully saturated rings. The molecule has 0 aliphatic heterocycles. The largest absolute Gasteiger partial charge is 0.506 e. The molecule has 3 rings (SSSR count). The van der Waals surface area contributed by atoms with Gasteiger partial charge in [-0.15, -0.1) is 0 Å². The van der Waals surface area contributed by atoms with Crippen LogP contribution in [0.3, 0.4) is 0 Å². The average Bonchev–Trinajstić information content (AvgIpc) is 2.79. The molecule has 3 aromatic rings. The van der Waals surface area contributed by atoms with Gasteiger partial charge in [-0.05, 0) is 65.9 Å². The lowest BCUT2D eigenvalue weighted by Gasteiger charge is -2.15. The number of aromatic hydroxyl groups is 1. The van der Waals surface area contributed by atoms with Crippen LogP contribution in [0.1, 0.15) is 33.2 Å². The van der Waals surface area contributed by atoms with Crippen molar-refractivity contribution in [2.24, 2.45) is 0 Å². The van der Waals surface area contributed by atoms with Gasteiger partial charge in [-0.25, -0.2) is 13.2 Å². The lowest BCUT2D eigenvalue weighted by Crippen LogP contribution is -2.26. The molecule has 0 amide bonds. The van der Waals surface area contributed by atoms with Crippen LogP contribution in [0.15, 0.2) is 54.6 Å². The topological polar surface area (TPSA) is 145 Å². The van der Waals surface area contributed by atoms with Crippen LogP contribution in [0.4, 0.5) is 5.69 Å². The highest BCUT2D eigenvalue weighted by molar-refractivity contribution is 7.92. The van der Waals surface area contributed by atoms with Gasteiger partial charge in [0.1, 0.15) is 18.1 Å². The van der Waals surface area contributed by atoms with Gasteiger partial charge >= 0.3 is 5.97 Å². The van der Waals surface area contributed by atoms with Crippen molar-refractivity contribution < 1.29 is 33.3 Å². The highest BCUT2D eigenvalue weighted by Crippen LogP contribution is 2.28. The SMILES string of the molecule is Cc1cc(-c2ccc(OCCNC[C@@H](O)c3ccc(O)c(NS(C)(=O)=O)c3)cc2)cc(C)c1C(=O)O. The van der Waals surface area contributed by atoms with E-state index in [-0.39, 0.29) is 18.0 Å². The average molecular weight is 515 g/mol. The van der Waals surface area contributed by atoms with Gasteiger partial charge in [-0.2, -0.15) is 0 Å². The maximum Gasteiger partial charge on any atom is 0.336 e. The van der Waals surface area contributed by atoms with E-state index in [2.05, 4.69) is 10.0 Å². The Morgan fingerprint density at radius 1 is 1.00 bits per heavy atom. The van der Waals surface area contributed by atoms with Crippen molar-refractivity contribution in [2.75, 3.05) is 30.7 Å². The van der Waals surface area contributed by atoms with E-state index in [1.165, 1.54) is 18.2 Å². The molecule has 0 bridgehead atoms. The number of nitrogens with one attached hydrogen (secondary N) is 2. The maximum absolute atomic E-state index is 11.4. The fourth-order valence-corrected chi connectivity index (χ4v) is 4.41. The van der Waals surface area contributed by atoms with E-state index < -0.39 is 22.1 Å². The highest BCUT2D eigenvalue weighted by atomic mass is 32.2. The first kappa shape index (κ1) is 27.0. The molecule has 10 heteroatoms. The number of carboxylic acid groups (broad SMARTS) is 1. The van der Waals surface area contributed by atoms with Gasteiger partial charge in [0.2, 0.25) is 10.0 Å². The van der Waals surface area contributed by atoms with Crippen LogP contribution in [0.5, 0.6) is 11.5 Å². The zero-order valence-corrected chi connectivity index (χ0v) is 21.1. The summed E-state index contributed by atoms with van der Waals surface area (Å²) in [6, 6.07) is 15.4. The van der Waals surface area contributed by atoms with Crippen molar-refractivity contribution in [3.63, 3.8) is 0 Å². The molecular formula is C26H30N2O7S. The van der Waals surface area contributed by atoms with Crippen LogP contribution in [0, 0.1) is 13.8 Å². The molecule has 1 atom stereocenters. The van der Waals surface area contributed by atoms with E-state index in [0.29, 0.717) is 41.2 Å². The van der Waals surface area contributed by atoms with E-state index in [9.17, 15) is 28.5 Å². The number of aryl methyl sites for hydroxylation is 2. The first-order chi connectivity index (χ1) is 16.9. The molecule has 0 heterocycles. The van der Waals surface area contributed by atoms with Gasteiger partial charge in [-0.1, -0.05) is 30.3 Å². The molecule has 0 aromatic heterocycles. The molecule has 9 nitrogen and oxygen atoms in total. The van der Waals surface area contributed by atoms with E-state index in [1.54, 1.807) is 13.8 Å². The number of carboxylic acids is 1. The van der Waals surface area contributed by atoms with E-state index >= 15 is 0 Å². The van der Waals surface area contributed by atoms with Crippen LogP contribution in [-0.4, -0.2) is 55.7 Å². The molecule has 5 N–H and O–H groups in total. The van der Waals surface area contributed by atoms with E-state index in [1.807, 2.05) is 36.4 Å². The Bertz CT molecular complexity index is 1320. The maximum atomic E-state index is 11.4. The Morgan fingerprint density at radius 3 is 2.22 bits per heavy atom. The summed E-state index contributed by atoms with van der Waals surface area (Å²) >= 11 is 0. The minimum atomic E-state index is -3.57. The normalized spacial score (nSPS) is 12.2. The summed E-state index contributed by atoms with van der Waals surface area (Å²) in [5.74, 6) is -0.490. The number of hydrogen-bond acceptors (Lipinski definition) is 7. The van der Waals surface area contributed by atoms with Crippen LogP contribution >= 0.6 is 0 Å². The van der Waals surface area contributed by atoms with Crippen molar-refractivity contribution in [3.8, 4) is 22.6 Å². The molecule has 36 heavy (non-hydrogen) atoms. The number of sulfonamides is 1. The molecule has 3 aromatic carbocycles. The third-order valence-corrected chi connectivity index (χ3v) is 6.11. The molecule has 0 aliphatic carbocycles. The summed E-state index contributed by atoms with van der Waals surface area (Å²) < 4.78 is 30.8. The number of anilines is 1. The molecule has 0 aliphatic rings. The lowest BCUT2D eigenvalue weighted by molar-refractivity contribution is 0.0695. The quantitative estimate of drug-likeness (QED) is 0.193. The Kier molecular flexibility index (Phi) is 8.57. The van der Waals surface area contributed by atoms with E-state index in [0.717, 1.165) is 17.4 Å². The van der Waals surface area contributed by atoms with Crippen molar-refractivity contribution in [3.05, 3.63) is 76.9 Å². The molecular weight excluding hydrogens is 484 g/mol. The Labute approximate surface area is 210 Å². The number of aliphatic hydroxyl groups is 1. The van der Waals surface area contributed by atoms with Crippen molar-refractivity contribution in [1.29, 1.82) is 0 Å². The monoisotopic (exact) mass is 514 g/mol. The first-order valence-electron chi connectivity index (χ1n) is 11.2. The second-order valence-electron chi connectivity index (χ2n) is 8.53. The Morgan fingerprint density at radius 2 is 1.64 bits per heavy atom. The number of aliphatic hydroxyl groups excluding tert-OH is 1. The minimum absolute atomic E-state index is 0.00369. The second-order valence-corrected chi connectivity index (χ2v) is 10.3. The number of phenolic OH excluding ortho intramolecular Hbond substituents is 1.